The number of carbonyl (C=O) groups is 1. The molecule has 0 aliphatic rings. The zero-order valence-electron chi connectivity index (χ0n) is 10.1. The molecule has 1 amide bonds. The van der Waals surface area contributed by atoms with Crippen molar-refractivity contribution >= 4 is 27.7 Å². The number of hydrogen-bond donors (Lipinski definition) is 1. The van der Waals surface area contributed by atoms with E-state index in [1.807, 2.05) is 20.8 Å². The van der Waals surface area contributed by atoms with Gasteiger partial charge in [0.1, 0.15) is 16.9 Å². The second-order valence-electron chi connectivity index (χ2n) is 4.40. The van der Waals surface area contributed by atoms with Crippen molar-refractivity contribution < 1.29 is 14.3 Å². The van der Waals surface area contributed by atoms with Gasteiger partial charge in [0.2, 0.25) is 0 Å². The Kier molecular flexibility index (Phi) is 4.81. The highest BCUT2D eigenvalue weighted by Gasteiger charge is 2.15. The van der Waals surface area contributed by atoms with Gasteiger partial charge in [-0.05, 0) is 61.0 Å². The topological polar surface area (TPSA) is 47.6 Å². The van der Waals surface area contributed by atoms with E-state index in [0.29, 0.717) is 11.2 Å². The van der Waals surface area contributed by atoms with Crippen LogP contribution in [-0.2, 0) is 4.74 Å². The maximum Gasteiger partial charge on any atom is 0.412 e. The minimum atomic E-state index is -0.497. The molecule has 0 atom stereocenters. The molecule has 5 heteroatoms. The van der Waals surface area contributed by atoms with Gasteiger partial charge < -0.3 is 9.47 Å². The molecule has 0 bridgehead atoms. The van der Waals surface area contributed by atoms with Crippen LogP contribution in [0.2, 0.25) is 0 Å². The first kappa shape index (κ1) is 13.8. The van der Waals surface area contributed by atoms with Crippen LogP contribution in [-0.4, -0.2) is 17.2 Å². The number of ether oxygens (including phenoxy) is 2. The van der Waals surface area contributed by atoms with E-state index in [-0.39, 0.29) is 0 Å². The Morgan fingerprint density at radius 1 is 1.29 bits per heavy atom. The van der Waals surface area contributed by atoms with Crippen molar-refractivity contribution in [3.05, 3.63) is 24.3 Å². The summed E-state index contributed by atoms with van der Waals surface area (Å²) in [6, 6.07) is 7.05. The summed E-state index contributed by atoms with van der Waals surface area (Å²) >= 11 is 3.17. The summed E-state index contributed by atoms with van der Waals surface area (Å²) in [5, 5.41) is 2.64. The molecule has 0 saturated heterocycles. The number of hydrogen-bond acceptors (Lipinski definition) is 3. The maximum absolute atomic E-state index is 11.5. The summed E-state index contributed by atoms with van der Waals surface area (Å²) in [5.74, 6) is 0.733. The highest BCUT2D eigenvalue weighted by Crippen LogP contribution is 2.17. The number of amides is 1. The van der Waals surface area contributed by atoms with Gasteiger partial charge in [0.25, 0.3) is 0 Å². The summed E-state index contributed by atoms with van der Waals surface area (Å²) < 4.78 is 10.3. The van der Waals surface area contributed by atoms with Gasteiger partial charge in [-0.1, -0.05) is 0 Å². The molecule has 0 aliphatic heterocycles. The number of rotatable bonds is 3. The van der Waals surface area contributed by atoms with Crippen molar-refractivity contribution in [1.29, 1.82) is 0 Å². The van der Waals surface area contributed by atoms with E-state index in [9.17, 15) is 4.79 Å². The average Bonchev–Trinajstić information content (AvgIpc) is 2.18. The van der Waals surface area contributed by atoms with Crippen LogP contribution in [0.4, 0.5) is 10.5 Å². The molecule has 1 N–H and O–H groups in total. The maximum atomic E-state index is 11.5. The van der Waals surface area contributed by atoms with Gasteiger partial charge in [0.05, 0.1) is 0 Å². The molecule has 1 aromatic rings. The van der Waals surface area contributed by atoms with Crippen LogP contribution >= 0.6 is 15.9 Å². The molecule has 94 valence electrons. The first-order valence-electron chi connectivity index (χ1n) is 5.19. The van der Waals surface area contributed by atoms with E-state index in [2.05, 4.69) is 21.2 Å². The highest BCUT2D eigenvalue weighted by atomic mass is 79.9. The number of carbonyl (C=O) groups excluding carboxylic acids is 1. The largest absolute Gasteiger partial charge is 0.482 e. The summed E-state index contributed by atoms with van der Waals surface area (Å²) in [6.45, 7) is 5.46. The van der Waals surface area contributed by atoms with E-state index >= 15 is 0 Å². The molecule has 0 heterocycles. The fourth-order valence-corrected chi connectivity index (χ4v) is 1.38. The van der Waals surface area contributed by atoms with Gasteiger partial charge in [-0.3, -0.25) is 5.32 Å². The third kappa shape index (κ3) is 5.58. The number of halogens is 1. The Bertz CT molecular complexity index is 370. The minimum absolute atomic E-state index is 0.436. The quantitative estimate of drug-likeness (QED) is 0.865. The van der Waals surface area contributed by atoms with Crippen molar-refractivity contribution in [2.45, 2.75) is 26.4 Å². The van der Waals surface area contributed by atoms with Crippen molar-refractivity contribution in [2.24, 2.45) is 0 Å². The fourth-order valence-electron chi connectivity index (χ4n) is 1.12. The predicted molar refractivity (Wildman–Crippen MR) is 70.7 cm³/mol. The van der Waals surface area contributed by atoms with E-state index < -0.39 is 11.7 Å². The smallest absolute Gasteiger partial charge is 0.412 e. The van der Waals surface area contributed by atoms with Gasteiger partial charge in [0, 0.05) is 5.69 Å². The molecule has 0 aliphatic carbocycles. The SMILES string of the molecule is CC(C)(C)OC(=O)Nc1ccc(OCBr)cc1. The summed E-state index contributed by atoms with van der Waals surface area (Å²) in [7, 11) is 0. The van der Waals surface area contributed by atoms with Gasteiger partial charge >= 0.3 is 6.09 Å². The first-order valence-corrected chi connectivity index (χ1v) is 6.32. The Balaban J connectivity index is 2.54. The second kappa shape index (κ2) is 5.91. The Morgan fingerprint density at radius 3 is 2.35 bits per heavy atom. The lowest BCUT2D eigenvalue weighted by atomic mass is 10.2. The van der Waals surface area contributed by atoms with Crippen molar-refractivity contribution in [3.8, 4) is 5.75 Å². The zero-order valence-corrected chi connectivity index (χ0v) is 11.7. The Hall–Kier alpha value is -1.23. The third-order valence-corrected chi connectivity index (χ3v) is 1.95. The second-order valence-corrected chi connectivity index (χ2v) is 4.86. The van der Waals surface area contributed by atoms with Crippen molar-refractivity contribution in [1.82, 2.24) is 0 Å². The molecule has 0 saturated carbocycles. The van der Waals surface area contributed by atoms with E-state index in [4.69, 9.17) is 9.47 Å². The molecule has 0 radical (unpaired) electrons. The minimum Gasteiger partial charge on any atom is -0.482 e. The number of alkyl halides is 1. The van der Waals surface area contributed by atoms with Crippen LogP contribution in [0, 0.1) is 0 Å². The average molecular weight is 302 g/mol. The zero-order chi connectivity index (χ0) is 12.9. The van der Waals surface area contributed by atoms with E-state index in [1.54, 1.807) is 24.3 Å². The normalized spacial score (nSPS) is 10.8. The van der Waals surface area contributed by atoms with Crippen LogP contribution in [0.3, 0.4) is 0 Å². The van der Waals surface area contributed by atoms with E-state index in [0.717, 1.165) is 5.75 Å². The van der Waals surface area contributed by atoms with Gasteiger partial charge in [0.15, 0.2) is 0 Å². The first-order chi connectivity index (χ1) is 7.90. The molecule has 1 aromatic carbocycles. The lowest BCUT2D eigenvalue weighted by molar-refractivity contribution is 0.0636. The molecule has 0 spiro atoms. The molecule has 1 rings (SSSR count). The van der Waals surface area contributed by atoms with Gasteiger partial charge in [-0.15, -0.1) is 0 Å². The van der Waals surface area contributed by atoms with Crippen molar-refractivity contribution in [3.63, 3.8) is 0 Å². The summed E-state index contributed by atoms with van der Waals surface area (Å²) in [6.07, 6.45) is -0.466. The monoisotopic (exact) mass is 301 g/mol. The molecular weight excluding hydrogens is 286 g/mol. The standard InChI is InChI=1S/C12H16BrNO3/c1-12(2,3)17-11(15)14-9-4-6-10(7-5-9)16-8-13/h4-7H,8H2,1-3H3,(H,14,15). The highest BCUT2D eigenvalue weighted by molar-refractivity contribution is 9.09. The van der Waals surface area contributed by atoms with E-state index in [1.165, 1.54) is 0 Å². The molecular formula is C12H16BrNO3. The van der Waals surface area contributed by atoms with Crippen LogP contribution in [0.5, 0.6) is 5.75 Å². The van der Waals surface area contributed by atoms with Crippen LogP contribution in [0.25, 0.3) is 0 Å². The predicted octanol–water partition coefficient (Wildman–Crippen LogP) is 3.76. The number of benzene rings is 1. The lowest BCUT2D eigenvalue weighted by Crippen LogP contribution is -2.27. The lowest BCUT2D eigenvalue weighted by Gasteiger charge is -2.19. The summed E-state index contributed by atoms with van der Waals surface area (Å²) in [4.78, 5) is 11.5. The molecule has 0 unspecified atom stereocenters. The van der Waals surface area contributed by atoms with Gasteiger partial charge in [-0.25, -0.2) is 4.79 Å². The molecule has 0 fully saturated rings. The molecule has 17 heavy (non-hydrogen) atoms. The van der Waals surface area contributed by atoms with Crippen LogP contribution < -0.4 is 10.1 Å². The fraction of sp³-hybridized carbons (Fsp3) is 0.417. The Labute approximate surface area is 109 Å². The number of nitrogens with one attached hydrogen (secondary N) is 1. The van der Waals surface area contributed by atoms with Crippen LogP contribution in [0.15, 0.2) is 24.3 Å². The number of anilines is 1. The van der Waals surface area contributed by atoms with Gasteiger partial charge in [-0.2, -0.15) is 0 Å². The third-order valence-electron chi connectivity index (χ3n) is 1.72. The molecule has 0 aromatic heterocycles. The van der Waals surface area contributed by atoms with Crippen LogP contribution in [0.1, 0.15) is 20.8 Å². The Morgan fingerprint density at radius 2 is 1.88 bits per heavy atom. The molecule has 4 nitrogen and oxygen atoms in total. The van der Waals surface area contributed by atoms with Crippen molar-refractivity contribution in [2.75, 3.05) is 10.8 Å². The summed E-state index contributed by atoms with van der Waals surface area (Å²) in [5.41, 5.74) is 0.607.